The number of rotatable bonds is 4. The number of fused-ring (bicyclic) bond motifs is 1. The average molecular weight is 455 g/mol. The molecule has 25 heavy (non-hydrogen) atoms. The van der Waals surface area contributed by atoms with E-state index in [1.54, 1.807) is 0 Å². The smallest absolute Gasteiger partial charge is 0.193 e. The number of aryl methyl sites for hydroxylation is 1. The van der Waals surface area contributed by atoms with Gasteiger partial charge in [-0.05, 0) is 44.7 Å². The number of nitrogens with one attached hydrogen (secondary N) is 1. The van der Waals surface area contributed by atoms with Gasteiger partial charge in [0.05, 0.1) is 17.6 Å². The van der Waals surface area contributed by atoms with Crippen LogP contribution in [-0.2, 0) is 6.54 Å². The van der Waals surface area contributed by atoms with Crippen LogP contribution in [0.3, 0.4) is 0 Å². The molecule has 1 aromatic heterocycles. The molecular weight excluding hydrogens is 425 g/mol. The minimum atomic E-state index is 0. The molecule has 138 valence electrons. The lowest BCUT2D eigenvalue weighted by Crippen LogP contribution is -2.45. The second-order valence-corrected chi connectivity index (χ2v) is 6.70. The van der Waals surface area contributed by atoms with Crippen LogP contribution in [0.25, 0.3) is 11.0 Å². The van der Waals surface area contributed by atoms with Gasteiger partial charge in [0.1, 0.15) is 5.82 Å². The Hall–Kier alpha value is -1.31. The third-order valence-corrected chi connectivity index (χ3v) is 4.85. The summed E-state index contributed by atoms with van der Waals surface area (Å²) in [6.07, 6.45) is 2.52. The Morgan fingerprint density at radius 1 is 1.28 bits per heavy atom. The molecule has 0 bridgehead atoms. The maximum atomic E-state index is 4.87. The van der Waals surface area contributed by atoms with E-state index in [0.717, 1.165) is 55.9 Å². The first-order chi connectivity index (χ1) is 11.7. The summed E-state index contributed by atoms with van der Waals surface area (Å²) in [5.41, 5.74) is 2.26. The third kappa shape index (κ3) is 4.86. The minimum absolute atomic E-state index is 0. The number of piperidine rings is 1. The van der Waals surface area contributed by atoms with Crippen molar-refractivity contribution in [1.29, 1.82) is 0 Å². The first-order valence-corrected chi connectivity index (χ1v) is 9.14. The molecule has 2 aromatic rings. The molecule has 1 N–H and O–H groups in total. The quantitative estimate of drug-likeness (QED) is 0.435. The van der Waals surface area contributed by atoms with Crippen molar-refractivity contribution in [2.24, 2.45) is 10.9 Å². The molecule has 1 aliphatic heterocycles. The summed E-state index contributed by atoms with van der Waals surface area (Å²) < 4.78 is 2.26. The molecule has 2 heterocycles. The maximum Gasteiger partial charge on any atom is 0.193 e. The predicted molar refractivity (Wildman–Crippen MR) is 116 cm³/mol. The van der Waals surface area contributed by atoms with Crippen LogP contribution in [0.5, 0.6) is 0 Å². The highest BCUT2D eigenvalue weighted by molar-refractivity contribution is 14.0. The summed E-state index contributed by atoms with van der Waals surface area (Å²) in [6, 6.07) is 8.32. The number of aromatic nitrogens is 2. The first-order valence-electron chi connectivity index (χ1n) is 9.14. The second-order valence-electron chi connectivity index (χ2n) is 6.70. The highest BCUT2D eigenvalue weighted by Gasteiger charge is 2.18. The number of para-hydroxylation sites is 2. The molecule has 1 fully saturated rings. The normalized spacial score (nSPS) is 16.1. The lowest BCUT2D eigenvalue weighted by molar-refractivity contribution is 0.273. The monoisotopic (exact) mass is 455 g/mol. The maximum absolute atomic E-state index is 4.87. The van der Waals surface area contributed by atoms with E-state index in [1.807, 2.05) is 6.07 Å². The van der Waals surface area contributed by atoms with Gasteiger partial charge < -0.3 is 14.8 Å². The van der Waals surface area contributed by atoms with Crippen LogP contribution < -0.4 is 5.32 Å². The standard InChI is InChI=1S/C19H29N5.HI/c1-4-20-19(23-12-9-15(2)10-13-23)21-11-14-24-16(3)22-17-7-5-6-8-18(17)24;/h5-8,15H,4,9-14H2,1-3H3,(H,20,21);1H. The SMILES string of the molecule is CCNC(=NCCn1c(C)nc2ccccc21)N1CCC(C)CC1.I. The molecule has 0 spiro atoms. The van der Waals surface area contributed by atoms with Crippen molar-refractivity contribution in [3.05, 3.63) is 30.1 Å². The molecule has 6 heteroatoms. The van der Waals surface area contributed by atoms with Crippen molar-refractivity contribution >= 4 is 41.0 Å². The number of hydrogen-bond acceptors (Lipinski definition) is 2. The lowest BCUT2D eigenvalue weighted by atomic mass is 10.00. The van der Waals surface area contributed by atoms with E-state index in [0.29, 0.717) is 0 Å². The fourth-order valence-corrected chi connectivity index (χ4v) is 3.38. The molecule has 0 unspecified atom stereocenters. The molecule has 0 amide bonds. The van der Waals surface area contributed by atoms with E-state index < -0.39 is 0 Å². The van der Waals surface area contributed by atoms with Crippen molar-refractivity contribution < 1.29 is 0 Å². The zero-order valence-electron chi connectivity index (χ0n) is 15.5. The van der Waals surface area contributed by atoms with E-state index in [4.69, 9.17) is 4.99 Å². The molecule has 3 rings (SSSR count). The Labute approximate surface area is 167 Å². The summed E-state index contributed by atoms with van der Waals surface area (Å²) in [7, 11) is 0. The van der Waals surface area contributed by atoms with E-state index in [9.17, 15) is 0 Å². The highest BCUT2D eigenvalue weighted by atomic mass is 127. The fourth-order valence-electron chi connectivity index (χ4n) is 3.38. The zero-order chi connectivity index (χ0) is 16.9. The van der Waals surface area contributed by atoms with Crippen molar-refractivity contribution in [1.82, 2.24) is 19.8 Å². The van der Waals surface area contributed by atoms with Gasteiger partial charge in [0.2, 0.25) is 0 Å². The molecule has 0 atom stereocenters. The van der Waals surface area contributed by atoms with Gasteiger partial charge in [-0.3, -0.25) is 4.99 Å². The number of nitrogens with zero attached hydrogens (tertiary/aromatic N) is 4. The Balaban J connectivity index is 0.00000225. The van der Waals surface area contributed by atoms with Crippen LogP contribution in [0.4, 0.5) is 0 Å². The molecule has 0 radical (unpaired) electrons. The summed E-state index contributed by atoms with van der Waals surface area (Å²) in [4.78, 5) is 11.9. The summed E-state index contributed by atoms with van der Waals surface area (Å²) in [6.45, 7) is 11.3. The van der Waals surface area contributed by atoms with E-state index >= 15 is 0 Å². The summed E-state index contributed by atoms with van der Waals surface area (Å²) in [5.74, 6) is 2.96. The van der Waals surface area contributed by atoms with Crippen LogP contribution in [0.1, 0.15) is 32.5 Å². The van der Waals surface area contributed by atoms with Gasteiger partial charge in [0.25, 0.3) is 0 Å². The van der Waals surface area contributed by atoms with E-state index in [-0.39, 0.29) is 24.0 Å². The van der Waals surface area contributed by atoms with E-state index in [1.165, 1.54) is 18.4 Å². The first kappa shape index (κ1) is 20.0. The molecule has 5 nitrogen and oxygen atoms in total. The lowest BCUT2D eigenvalue weighted by Gasteiger charge is -2.33. The number of halogens is 1. The minimum Gasteiger partial charge on any atom is -0.357 e. The topological polar surface area (TPSA) is 45.5 Å². The number of imidazole rings is 1. The second kappa shape index (κ2) is 9.40. The number of hydrogen-bond donors (Lipinski definition) is 1. The molecular formula is C19H30IN5. The van der Waals surface area contributed by atoms with E-state index in [2.05, 4.69) is 58.7 Å². The van der Waals surface area contributed by atoms with Crippen molar-refractivity contribution in [2.75, 3.05) is 26.2 Å². The number of guanidine groups is 1. The van der Waals surface area contributed by atoms with Gasteiger partial charge >= 0.3 is 0 Å². The molecule has 0 saturated carbocycles. The van der Waals surface area contributed by atoms with Crippen LogP contribution in [-0.4, -0.2) is 46.6 Å². The van der Waals surface area contributed by atoms with Gasteiger partial charge in [-0.25, -0.2) is 4.98 Å². The fraction of sp³-hybridized carbons (Fsp3) is 0.579. The number of aliphatic imine (C=N–C) groups is 1. The third-order valence-electron chi connectivity index (χ3n) is 4.85. The van der Waals surface area contributed by atoms with Crippen LogP contribution >= 0.6 is 24.0 Å². The molecule has 1 saturated heterocycles. The number of likely N-dealkylation sites (tertiary alicyclic amines) is 1. The van der Waals surface area contributed by atoms with Crippen molar-refractivity contribution in [2.45, 2.75) is 40.2 Å². The largest absolute Gasteiger partial charge is 0.357 e. The van der Waals surface area contributed by atoms with Crippen LogP contribution in [0.2, 0.25) is 0 Å². The van der Waals surface area contributed by atoms with Gasteiger partial charge in [0, 0.05) is 26.2 Å². The number of benzene rings is 1. The predicted octanol–water partition coefficient (Wildman–Crippen LogP) is 3.66. The highest BCUT2D eigenvalue weighted by Crippen LogP contribution is 2.17. The molecule has 1 aliphatic rings. The summed E-state index contributed by atoms with van der Waals surface area (Å²) in [5, 5.41) is 3.45. The average Bonchev–Trinajstić information content (AvgIpc) is 2.90. The van der Waals surface area contributed by atoms with Crippen molar-refractivity contribution in [3.8, 4) is 0 Å². The van der Waals surface area contributed by atoms with Gasteiger partial charge in [-0.2, -0.15) is 0 Å². The Bertz CT molecular complexity index is 701. The molecule has 0 aliphatic carbocycles. The van der Waals surface area contributed by atoms with Gasteiger partial charge in [-0.1, -0.05) is 19.1 Å². The zero-order valence-corrected chi connectivity index (χ0v) is 17.9. The van der Waals surface area contributed by atoms with Crippen LogP contribution in [0, 0.1) is 12.8 Å². The summed E-state index contributed by atoms with van der Waals surface area (Å²) >= 11 is 0. The Morgan fingerprint density at radius 2 is 2.00 bits per heavy atom. The molecule has 1 aromatic carbocycles. The Morgan fingerprint density at radius 3 is 2.72 bits per heavy atom. The van der Waals surface area contributed by atoms with Gasteiger partial charge in [0.15, 0.2) is 5.96 Å². The van der Waals surface area contributed by atoms with Crippen molar-refractivity contribution in [3.63, 3.8) is 0 Å². The van der Waals surface area contributed by atoms with Gasteiger partial charge in [-0.15, -0.1) is 24.0 Å². The van der Waals surface area contributed by atoms with Crippen LogP contribution in [0.15, 0.2) is 29.3 Å². The Kier molecular flexibility index (Phi) is 7.53.